The predicted molar refractivity (Wildman–Crippen MR) is 72.4 cm³/mol. The first-order valence-corrected chi connectivity index (χ1v) is 5.98. The number of hydrogen-bond donors (Lipinski definition) is 0. The summed E-state index contributed by atoms with van der Waals surface area (Å²) in [5.41, 5.74) is 2.68. The Kier molecular flexibility index (Phi) is 2.87. The van der Waals surface area contributed by atoms with Crippen LogP contribution in [-0.2, 0) is 0 Å². The zero-order chi connectivity index (χ0) is 12.4. The van der Waals surface area contributed by atoms with Crippen molar-refractivity contribution >= 4 is 11.6 Å². The molecule has 0 spiro atoms. The molecular weight excluding hydrogens is 246 g/mol. The van der Waals surface area contributed by atoms with Gasteiger partial charge in [0.1, 0.15) is 5.69 Å². The molecule has 0 aliphatic heterocycles. The number of hydrogen-bond acceptors (Lipinski definition) is 2. The zero-order valence-electron chi connectivity index (χ0n) is 9.51. The average Bonchev–Trinajstić information content (AvgIpc) is 2.89. The maximum absolute atomic E-state index is 6.19. The van der Waals surface area contributed by atoms with Gasteiger partial charge in [-0.3, -0.25) is 0 Å². The van der Waals surface area contributed by atoms with Gasteiger partial charge in [-0.1, -0.05) is 54.1 Å². The molecule has 1 heterocycles. The van der Waals surface area contributed by atoms with Crippen LogP contribution in [0.1, 0.15) is 0 Å². The molecule has 0 fully saturated rings. The topological polar surface area (TPSA) is 26.0 Å². The minimum atomic E-state index is 0.659. The minimum Gasteiger partial charge on any atom is -0.443 e. The first-order chi connectivity index (χ1) is 8.86. The summed E-state index contributed by atoms with van der Waals surface area (Å²) >= 11 is 6.19. The lowest BCUT2D eigenvalue weighted by Gasteiger charge is -2.03. The quantitative estimate of drug-likeness (QED) is 0.665. The van der Waals surface area contributed by atoms with Crippen LogP contribution in [0.2, 0.25) is 5.02 Å². The maximum atomic E-state index is 6.19. The Morgan fingerprint density at radius 2 is 1.61 bits per heavy atom. The molecule has 2 aromatic carbocycles. The van der Waals surface area contributed by atoms with Crippen molar-refractivity contribution in [3.63, 3.8) is 0 Å². The van der Waals surface area contributed by atoms with Crippen LogP contribution in [0.15, 0.2) is 65.4 Å². The number of nitrogens with zero attached hydrogens (tertiary/aromatic N) is 1. The molecule has 88 valence electrons. The summed E-state index contributed by atoms with van der Waals surface area (Å²) in [6.07, 6.45) is 1.45. The molecule has 1 aromatic heterocycles. The predicted octanol–water partition coefficient (Wildman–Crippen LogP) is 4.66. The van der Waals surface area contributed by atoms with E-state index in [1.807, 2.05) is 54.6 Å². The lowest BCUT2D eigenvalue weighted by atomic mass is 10.1. The highest BCUT2D eigenvalue weighted by Crippen LogP contribution is 2.34. The van der Waals surface area contributed by atoms with E-state index < -0.39 is 0 Å². The molecule has 0 saturated carbocycles. The maximum Gasteiger partial charge on any atom is 0.182 e. The largest absolute Gasteiger partial charge is 0.443 e. The Morgan fingerprint density at radius 1 is 0.889 bits per heavy atom. The fourth-order valence-corrected chi connectivity index (χ4v) is 2.11. The molecular formula is C15H10ClNO. The van der Waals surface area contributed by atoms with Gasteiger partial charge in [-0.15, -0.1) is 0 Å². The SMILES string of the molecule is Clc1ccccc1-c1ocnc1-c1ccccc1. The number of oxazole rings is 1. The van der Waals surface area contributed by atoms with Crippen molar-refractivity contribution in [2.75, 3.05) is 0 Å². The van der Waals surface area contributed by atoms with Gasteiger partial charge in [0.05, 0.1) is 5.02 Å². The first kappa shape index (κ1) is 11.1. The van der Waals surface area contributed by atoms with Gasteiger partial charge in [-0.25, -0.2) is 4.98 Å². The van der Waals surface area contributed by atoms with E-state index in [0.29, 0.717) is 10.8 Å². The van der Waals surface area contributed by atoms with Crippen molar-refractivity contribution in [2.24, 2.45) is 0 Å². The van der Waals surface area contributed by atoms with Gasteiger partial charge >= 0.3 is 0 Å². The number of aromatic nitrogens is 1. The molecule has 2 nitrogen and oxygen atoms in total. The highest BCUT2D eigenvalue weighted by Gasteiger charge is 2.14. The van der Waals surface area contributed by atoms with E-state index in [4.69, 9.17) is 16.0 Å². The summed E-state index contributed by atoms with van der Waals surface area (Å²) in [4.78, 5) is 4.28. The molecule has 0 bridgehead atoms. The molecule has 0 aliphatic rings. The van der Waals surface area contributed by atoms with Gasteiger partial charge in [0.15, 0.2) is 12.2 Å². The van der Waals surface area contributed by atoms with E-state index in [-0.39, 0.29) is 0 Å². The molecule has 3 aromatic rings. The van der Waals surface area contributed by atoms with Crippen molar-refractivity contribution in [1.29, 1.82) is 0 Å². The third-order valence-corrected chi connectivity index (χ3v) is 3.06. The minimum absolute atomic E-state index is 0.659. The van der Waals surface area contributed by atoms with Crippen LogP contribution in [0, 0.1) is 0 Å². The Bertz CT molecular complexity index is 661. The molecule has 0 N–H and O–H groups in total. The van der Waals surface area contributed by atoms with Gasteiger partial charge in [0.25, 0.3) is 0 Å². The number of rotatable bonds is 2. The zero-order valence-corrected chi connectivity index (χ0v) is 10.3. The molecule has 0 amide bonds. The molecule has 0 atom stereocenters. The van der Waals surface area contributed by atoms with Crippen LogP contribution < -0.4 is 0 Å². The van der Waals surface area contributed by atoms with Crippen LogP contribution in [0.25, 0.3) is 22.6 Å². The molecule has 0 radical (unpaired) electrons. The molecule has 18 heavy (non-hydrogen) atoms. The third-order valence-electron chi connectivity index (χ3n) is 2.73. The summed E-state index contributed by atoms with van der Waals surface area (Å²) in [6.45, 7) is 0. The van der Waals surface area contributed by atoms with Gasteiger partial charge in [-0.05, 0) is 12.1 Å². The summed E-state index contributed by atoms with van der Waals surface area (Å²) < 4.78 is 5.49. The van der Waals surface area contributed by atoms with E-state index in [1.54, 1.807) is 0 Å². The van der Waals surface area contributed by atoms with E-state index >= 15 is 0 Å². The molecule has 0 unspecified atom stereocenters. The van der Waals surface area contributed by atoms with Crippen molar-refractivity contribution in [1.82, 2.24) is 4.98 Å². The Hall–Kier alpha value is -2.06. The lowest BCUT2D eigenvalue weighted by molar-refractivity contribution is 0.572. The van der Waals surface area contributed by atoms with E-state index in [2.05, 4.69) is 4.98 Å². The highest BCUT2D eigenvalue weighted by molar-refractivity contribution is 6.33. The monoisotopic (exact) mass is 255 g/mol. The van der Waals surface area contributed by atoms with Crippen molar-refractivity contribution in [2.45, 2.75) is 0 Å². The highest BCUT2D eigenvalue weighted by atomic mass is 35.5. The molecule has 3 rings (SSSR count). The van der Waals surface area contributed by atoms with Crippen LogP contribution in [0.4, 0.5) is 0 Å². The second-order valence-corrected chi connectivity index (χ2v) is 4.28. The summed E-state index contributed by atoms with van der Waals surface area (Å²) in [6, 6.07) is 17.5. The summed E-state index contributed by atoms with van der Waals surface area (Å²) in [5, 5.41) is 0.659. The molecule has 0 saturated heterocycles. The van der Waals surface area contributed by atoms with E-state index in [1.165, 1.54) is 6.39 Å². The first-order valence-electron chi connectivity index (χ1n) is 5.60. The van der Waals surface area contributed by atoms with Crippen molar-refractivity contribution < 1.29 is 4.42 Å². The molecule has 3 heteroatoms. The Balaban J connectivity index is 2.16. The summed E-state index contributed by atoms with van der Waals surface area (Å²) in [5.74, 6) is 0.701. The van der Waals surface area contributed by atoms with Crippen LogP contribution >= 0.6 is 11.6 Å². The van der Waals surface area contributed by atoms with Crippen LogP contribution in [0.3, 0.4) is 0 Å². The normalized spacial score (nSPS) is 10.5. The van der Waals surface area contributed by atoms with Crippen molar-refractivity contribution in [3.05, 3.63) is 66.0 Å². The van der Waals surface area contributed by atoms with Gasteiger partial charge < -0.3 is 4.42 Å². The average molecular weight is 256 g/mol. The van der Waals surface area contributed by atoms with Gasteiger partial charge in [-0.2, -0.15) is 0 Å². The summed E-state index contributed by atoms with van der Waals surface area (Å²) in [7, 11) is 0. The number of benzene rings is 2. The fourth-order valence-electron chi connectivity index (χ4n) is 1.88. The molecule has 0 aliphatic carbocycles. The van der Waals surface area contributed by atoms with Gasteiger partial charge in [0, 0.05) is 11.1 Å². The standard InChI is InChI=1S/C15H10ClNO/c16-13-9-5-4-8-12(13)15-14(17-10-18-15)11-6-2-1-3-7-11/h1-10H. The van der Waals surface area contributed by atoms with Crippen LogP contribution in [0.5, 0.6) is 0 Å². The fraction of sp³-hybridized carbons (Fsp3) is 0. The van der Waals surface area contributed by atoms with Crippen molar-refractivity contribution in [3.8, 4) is 22.6 Å². The smallest absolute Gasteiger partial charge is 0.182 e. The van der Waals surface area contributed by atoms with Crippen LogP contribution in [-0.4, -0.2) is 4.98 Å². The Morgan fingerprint density at radius 3 is 2.39 bits per heavy atom. The van der Waals surface area contributed by atoms with Gasteiger partial charge in [0.2, 0.25) is 0 Å². The van der Waals surface area contributed by atoms with E-state index in [0.717, 1.165) is 16.8 Å². The second-order valence-electron chi connectivity index (χ2n) is 3.88. The second kappa shape index (κ2) is 4.67. The number of halogens is 1. The lowest BCUT2D eigenvalue weighted by Crippen LogP contribution is -1.82. The van der Waals surface area contributed by atoms with E-state index in [9.17, 15) is 0 Å². The Labute approximate surface area is 110 Å². The third kappa shape index (κ3) is 1.91.